The molecule has 1 N–H and O–H groups in total. The summed E-state index contributed by atoms with van der Waals surface area (Å²) in [6.07, 6.45) is 3.43. The highest BCUT2D eigenvalue weighted by Crippen LogP contribution is 2.11. The normalized spacial score (nSPS) is 10.7. The molecule has 1 amide bonds. The van der Waals surface area contributed by atoms with Crippen molar-refractivity contribution in [2.24, 2.45) is 5.10 Å². The van der Waals surface area contributed by atoms with E-state index in [1.807, 2.05) is 30.3 Å². The lowest BCUT2D eigenvalue weighted by molar-refractivity contribution is 0.0955. The number of nitrogens with one attached hydrogen (secondary N) is 1. The molecule has 0 saturated carbocycles. The van der Waals surface area contributed by atoms with E-state index in [0.717, 1.165) is 17.3 Å². The number of rotatable bonds is 5. The van der Waals surface area contributed by atoms with Crippen LogP contribution in [0.1, 0.15) is 22.3 Å². The van der Waals surface area contributed by atoms with E-state index < -0.39 is 0 Å². The van der Waals surface area contributed by atoms with Gasteiger partial charge in [0.2, 0.25) is 0 Å². The molecule has 3 nitrogen and oxygen atoms in total. The fourth-order valence-electron chi connectivity index (χ4n) is 1.74. The van der Waals surface area contributed by atoms with Crippen LogP contribution in [0.3, 0.4) is 0 Å². The first-order valence-corrected chi connectivity index (χ1v) is 7.16. The first kappa shape index (κ1) is 14.5. The van der Waals surface area contributed by atoms with Gasteiger partial charge in [-0.25, -0.2) is 5.43 Å². The molecule has 0 fully saturated rings. The molecule has 0 aromatic heterocycles. The van der Waals surface area contributed by atoms with E-state index in [9.17, 15) is 4.79 Å². The van der Waals surface area contributed by atoms with Gasteiger partial charge in [-0.1, -0.05) is 52.3 Å². The first-order valence-electron chi connectivity index (χ1n) is 6.37. The number of amides is 1. The van der Waals surface area contributed by atoms with Crippen LogP contribution in [-0.4, -0.2) is 12.1 Å². The van der Waals surface area contributed by atoms with Crippen LogP contribution in [0.2, 0.25) is 0 Å². The molecule has 2 rings (SSSR count). The van der Waals surface area contributed by atoms with Crippen LogP contribution in [0, 0.1) is 0 Å². The van der Waals surface area contributed by atoms with Gasteiger partial charge in [0.15, 0.2) is 0 Å². The summed E-state index contributed by atoms with van der Waals surface area (Å²) in [6, 6.07) is 17.4. The predicted molar refractivity (Wildman–Crippen MR) is 84.9 cm³/mol. The first-order chi connectivity index (χ1) is 9.75. The van der Waals surface area contributed by atoms with Crippen LogP contribution >= 0.6 is 15.9 Å². The van der Waals surface area contributed by atoms with Gasteiger partial charge >= 0.3 is 0 Å². The summed E-state index contributed by atoms with van der Waals surface area (Å²) >= 11 is 3.33. The number of carbonyl (C=O) groups is 1. The minimum Gasteiger partial charge on any atom is -0.267 e. The SMILES string of the molecule is O=C(NN=CCCc1ccccc1)c1cccc(Br)c1. The molecule has 0 atom stereocenters. The molecule has 0 aliphatic carbocycles. The number of benzene rings is 2. The lowest BCUT2D eigenvalue weighted by Crippen LogP contribution is -2.17. The van der Waals surface area contributed by atoms with Crippen molar-refractivity contribution in [1.29, 1.82) is 0 Å². The Hall–Kier alpha value is -1.94. The van der Waals surface area contributed by atoms with Crippen molar-refractivity contribution < 1.29 is 4.79 Å². The number of aryl methyl sites for hydroxylation is 1. The maximum Gasteiger partial charge on any atom is 0.271 e. The van der Waals surface area contributed by atoms with E-state index in [0.29, 0.717) is 5.56 Å². The van der Waals surface area contributed by atoms with Crippen molar-refractivity contribution in [3.8, 4) is 0 Å². The Balaban J connectivity index is 1.77. The molecule has 2 aromatic carbocycles. The van der Waals surface area contributed by atoms with Gasteiger partial charge in [-0.2, -0.15) is 5.10 Å². The van der Waals surface area contributed by atoms with Gasteiger partial charge in [0.05, 0.1) is 0 Å². The van der Waals surface area contributed by atoms with Crippen LogP contribution in [0.25, 0.3) is 0 Å². The molecule has 2 aromatic rings. The largest absolute Gasteiger partial charge is 0.271 e. The molecule has 0 unspecified atom stereocenters. The molecular formula is C16H15BrN2O. The number of hydrogen-bond donors (Lipinski definition) is 1. The van der Waals surface area contributed by atoms with Crippen LogP contribution in [0.4, 0.5) is 0 Å². The zero-order valence-corrected chi connectivity index (χ0v) is 12.5. The topological polar surface area (TPSA) is 41.5 Å². The van der Waals surface area contributed by atoms with E-state index in [1.165, 1.54) is 5.56 Å². The summed E-state index contributed by atoms with van der Waals surface area (Å²) in [5.74, 6) is -0.206. The summed E-state index contributed by atoms with van der Waals surface area (Å²) < 4.78 is 0.873. The molecular weight excluding hydrogens is 316 g/mol. The summed E-state index contributed by atoms with van der Waals surface area (Å²) in [6.45, 7) is 0. The second-order valence-electron chi connectivity index (χ2n) is 4.29. The summed E-state index contributed by atoms with van der Waals surface area (Å²) in [7, 11) is 0. The Kier molecular flexibility index (Phi) is 5.50. The minimum atomic E-state index is -0.206. The van der Waals surface area contributed by atoms with Crippen molar-refractivity contribution in [2.45, 2.75) is 12.8 Å². The van der Waals surface area contributed by atoms with Gasteiger partial charge in [-0.15, -0.1) is 0 Å². The van der Waals surface area contributed by atoms with E-state index >= 15 is 0 Å². The van der Waals surface area contributed by atoms with E-state index in [4.69, 9.17) is 0 Å². The highest BCUT2D eigenvalue weighted by molar-refractivity contribution is 9.10. The van der Waals surface area contributed by atoms with Crippen LogP contribution in [0.15, 0.2) is 64.2 Å². The molecule has 102 valence electrons. The monoisotopic (exact) mass is 330 g/mol. The second kappa shape index (κ2) is 7.60. The molecule has 0 heterocycles. The molecule has 0 radical (unpaired) electrons. The fourth-order valence-corrected chi connectivity index (χ4v) is 2.14. The summed E-state index contributed by atoms with van der Waals surface area (Å²) in [4.78, 5) is 11.8. The van der Waals surface area contributed by atoms with Crippen molar-refractivity contribution in [3.05, 3.63) is 70.2 Å². The molecule has 0 spiro atoms. The van der Waals surface area contributed by atoms with Crippen molar-refractivity contribution >= 4 is 28.1 Å². The molecule has 0 bridgehead atoms. The standard InChI is InChI=1S/C16H15BrN2O/c17-15-10-4-9-14(12-15)16(20)19-18-11-5-8-13-6-2-1-3-7-13/h1-4,6-7,9-12H,5,8H2,(H,19,20). The molecule has 0 aliphatic rings. The molecule has 0 aliphatic heterocycles. The number of hydrazone groups is 1. The summed E-state index contributed by atoms with van der Waals surface area (Å²) in [5.41, 5.74) is 4.37. The Morgan fingerprint density at radius 3 is 2.70 bits per heavy atom. The maximum atomic E-state index is 11.8. The number of halogens is 1. The zero-order chi connectivity index (χ0) is 14.2. The van der Waals surface area contributed by atoms with Crippen molar-refractivity contribution in [1.82, 2.24) is 5.43 Å². The Bertz CT molecular complexity index is 596. The van der Waals surface area contributed by atoms with Gasteiger partial charge in [0, 0.05) is 16.3 Å². The maximum absolute atomic E-state index is 11.8. The van der Waals surface area contributed by atoms with Crippen LogP contribution in [-0.2, 0) is 6.42 Å². The van der Waals surface area contributed by atoms with Crippen LogP contribution in [0.5, 0.6) is 0 Å². The average molecular weight is 331 g/mol. The Labute approximate surface area is 126 Å². The number of nitrogens with zero attached hydrogens (tertiary/aromatic N) is 1. The van der Waals surface area contributed by atoms with Crippen molar-refractivity contribution in [2.75, 3.05) is 0 Å². The number of carbonyl (C=O) groups excluding carboxylic acids is 1. The molecule has 20 heavy (non-hydrogen) atoms. The van der Waals surface area contributed by atoms with E-state index in [-0.39, 0.29) is 5.91 Å². The highest BCUT2D eigenvalue weighted by Gasteiger charge is 2.03. The van der Waals surface area contributed by atoms with Crippen LogP contribution < -0.4 is 5.43 Å². The smallest absolute Gasteiger partial charge is 0.267 e. The second-order valence-corrected chi connectivity index (χ2v) is 5.20. The van der Waals surface area contributed by atoms with E-state index in [1.54, 1.807) is 18.3 Å². The van der Waals surface area contributed by atoms with Gasteiger partial charge in [-0.3, -0.25) is 4.79 Å². The quantitative estimate of drug-likeness (QED) is 0.657. The Morgan fingerprint density at radius 1 is 1.15 bits per heavy atom. The lowest BCUT2D eigenvalue weighted by atomic mass is 10.1. The third kappa shape index (κ3) is 4.63. The molecule has 4 heteroatoms. The lowest BCUT2D eigenvalue weighted by Gasteiger charge is -2.00. The van der Waals surface area contributed by atoms with Crippen molar-refractivity contribution in [3.63, 3.8) is 0 Å². The van der Waals surface area contributed by atoms with Gasteiger partial charge < -0.3 is 0 Å². The number of hydrogen-bond acceptors (Lipinski definition) is 2. The van der Waals surface area contributed by atoms with Gasteiger partial charge in [-0.05, 0) is 36.6 Å². The highest BCUT2D eigenvalue weighted by atomic mass is 79.9. The summed E-state index contributed by atoms with van der Waals surface area (Å²) in [5, 5.41) is 3.95. The van der Waals surface area contributed by atoms with Gasteiger partial charge in [0.1, 0.15) is 0 Å². The minimum absolute atomic E-state index is 0.206. The fraction of sp³-hybridized carbons (Fsp3) is 0.125. The molecule has 0 saturated heterocycles. The zero-order valence-electron chi connectivity index (χ0n) is 10.9. The predicted octanol–water partition coefficient (Wildman–Crippen LogP) is 3.80. The van der Waals surface area contributed by atoms with Gasteiger partial charge in [0.25, 0.3) is 5.91 Å². The third-order valence-corrected chi connectivity index (χ3v) is 3.24. The average Bonchev–Trinajstić information content (AvgIpc) is 2.48. The third-order valence-electron chi connectivity index (χ3n) is 2.75. The van der Waals surface area contributed by atoms with E-state index in [2.05, 4.69) is 38.6 Å². The Morgan fingerprint density at radius 2 is 1.95 bits per heavy atom.